The van der Waals surface area contributed by atoms with E-state index in [9.17, 15) is 0 Å². The molecule has 3 nitrogen and oxygen atoms in total. The van der Waals surface area contributed by atoms with E-state index in [1.165, 1.54) is 6.42 Å². The van der Waals surface area contributed by atoms with Gasteiger partial charge in [0.15, 0.2) is 0 Å². The summed E-state index contributed by atoms with van der Waals surface area (Å²) < 4.78 is 5.37. The van der Waals surface area contributed by atoms with E-state index >= 15 is 0 Å². The molecule has 1 heterocycles. The minimum absolute atomic E-state index is 0.568. The molecule has 1 aliphatic heterocycles. The van der Waals surface area contributed by atoms with Gasteiger partial charge in [0.1, 0.15) is 0 Å². The zero-order valence-corrected chi connectivity index (χ0v) is 9.46. The van der Waals surface area contributed by atoms with Crippen LogP contribution in [-0.2, 0) is 4.74 Å². The molecule has 3 heteroatoms. The smallest absolute Gasteiger partial charge is 0.0509 e. The van der Waals surface area contributed by atoms with Crippen molar-refractivity contribution < 1.29 is 4.74 Å². The van der Waals surface area contributed by atoms with Gasteiger partial charge in [-0.25, -0.2) is 0 Å². The van der Waals surface area contributed by atoms with Crippen LogP contribution in [0, 0.1) is 11.8 Å². The monoisotopic (exact) mass is 200 g/mol. The van der Waals surface area contributed by atoms with Gasteiger partial charge in [-0.3, -0.25) is 0 Å². The van der Waals surface area contributed by atoms with E-state index in [-0.39, 0.29) is 0 Å². The molecule has 0 saturated carbocycles. The molecule has 1 aliphatic rings. The zero-order valence-electron chi connectivity index (χ0n) is 9.46. The second-order valence-corrected chi connectivity index (χ2v) is 4.33. The van der Waals surface area contributed by atoms with Crippen LogP contribution in [-0.4, -0.2) is 32.3 Å². The molecule has 0 aliphatic carbocycles. The molecule has 1 rings (SSSR count). The third kappa shape index (κ3) is 3.56. The minimum Gasteiger partial charge on any atom is -0.381 e. The van der Waals surface area contributed by atoms with Gasteiger partial charge in [-0.05, 0) is 38.3 Å². The fourth-order valence-electron chi connectivity index (χ4n) is 1.86. The summed E-state index contributed by atoms with van der Waals surface area (Å²) in [7, 11) is 0. The van der Waals surface area contributed by atoms with Gasteiger partial charge in [0.2, 0.25) is 0 Å². The largest absolute Gasteiger partial charge is 0.381 e. The molecule has 1 fully saturated rings. The Morgan fingerprint density at radius 1 is 1.57 bits per heavy atom. The molecule has 3 atom stereocenters. The highest BCUT2D eigenvalue weighted by Gasteiger charge is 2.22. The van der Waals surface area contributed by atoms with Crippen LogP contribution in [0.15, 0.2) is 0 Å². The molecule has 0 aromatic carbocycles. The average molecular weight is 200 g/mol. The fourth-order valence-corrected chi connectivity index (χ4v) is 1.86. The van der Waals surface area contributed by atoms with E-state index < -0.39 is 0 Å². The van der Waals surface area contributed by atoms with Crippen LogP contribution in [0.1, 0.15) is 26.7 Å². The predicted octanol–water partition coefficient (Wildman–Crippen LogP) is 0.986. The summed E-state index contributed by atoms with van der Waals surface area (Å²) in [5.41, 5.74) is 5.66. The maximum atomic E-state index is 5.66. The van der Waals surface area contributed by atoms with E-state index in [1.54, 1.807) is 0 Å². The quantitative estimate of drug-likeness (QED) is 0.672. The molecule has 14 heavy (non-hydrogen) atoms. The number of hydrogen-bond donors (Lipinski definition) is 2. The van der Waals surface area contributed by atoms with Crippen LogP contribution in [0.4, 0.5) is 0 Å². The number of nitrogens with one attached hydrogen (secondary N) is 1. The predicted molar refractivity (Wildman–Crippen MR) is 59.2 cm³/mol. The average Bonchev–Trinajstić information content (AvgIpc) is 2.72. The lowest BCUT2D eigenvalue weighted by atomic mass is 9.99. The van der Waals surface area contributed by atoms with Crippen molar-refractivity contribution in [3.8, 4) is 0 Å². The first kappa shape index (κ1) is 12.0. The molecule has 0 amide bonds. The van der Waals surface area contributed by atoms with Gasteiger partial charge < -0.3 is 15.8 Å². The Balaban J connectivity index is 2.15. The molecule has 84 valence electrons. The van der Waals surface area contributed by atoms with Gasteiger partial charge in [0.25, 0.3) is 0 Å². The van der Waals surface area contributed by atoms with E-state index in [4.69, 9.17) is 10.5 Å². The van der Waals surface area contributed by atoms with E-state index in [2.05, 4.69) is 19.2 Å². The summed E-state index contributed by atoms with van der Waals surface area (Å²) in [4.78, 5) is 0. The lowest BCUT2D eigenvalue weighted by molar-refractivity contribution is 0.177. The van der Waals surface area contributed by atoms with E-state index in [1.807, 2.05) is 0 Å². The molecular weight excluding hydrogens is 176 g/mol. The maximum absolute atomic E-state index is 5.66. The molecule has 0 aromatic rings. The van der Waals surface area contributed by atoms with Gasteiger partial charge in [-0.1, -0.05) is 13.3 Å². The minimum atomic E-state index is 0.568. The molecular formula is C11H24N2O. The maximum Gasteiger partial charge on any atom is 0.0509 e. The first-order valence-electron chi connectivity index (χ1n) is 5.79. The van der Waals surface area contributed by atoms with Crippen LogP contribution in [0.3, 0.4) is 0 Å². The lowest BCUT2D eigenvalue weighted by Gasteiger charge is -2.22. The summed E-state index contributed by atoms with van der Waals surface area (Å²) in [5, 5.41) is 3.57. The van der Waals surface area contributed by atoms with Crippen molar-refractivity contribution in [1.82, 2.24) is 5.32 Å². The molecule has 0 bridgehead atoms. The van der Waals surface area contributed by atoms with Crippen molar-refractivity contribution >= 4 is 0 Å². The third-order valence-corrected chi connectivity index (χ3v) is 3.31. The molecule has 3 unspecified atom stereocenters. The molecule has 3 N–H and O–H groups in total. The Bertz CT molecular complexity index is 142. The van der Waals surface area contributed by atoms with Crippen molar-refractivity contribution in [3.05, 3.63) is 0 Å². The summed E-state index contributed by atoms with van der Waals surface area (Å²) in [6.07, 6.45) is 2.37. The van der Waals surface area contributed by atoms with Crippen LogP contribution < -0.4 is 11.1 Å². The van der Waals surface area contributed by atoms with Crippen molar-refractivity contribution in [1.29, 1.82) is 0 Å². The highest BCUT2D eigenvalue weighted by atomic mass is 16.5. The molecule has 1 saturated heterocycles. The van der Waals surface area contributed by atoms with Crippen molar-refractivity contribution in [2.75, 3.05) is 26.3 Å². The number of ether oxygens (including phenoxy) is 1. The lowest BCUT2D eigenvalue weighted by Crippen LogP contribution is -2.38. The van der Waals surface area contributed by atoms with Gasteiger partial charge in [0.05, 0.1) is 6.61 Å². The number of hydrogen-bond acceptors (Lipinski definition) is 3. The van der Waals surface area contributed by atoms with Crippen LogP contribution in [0.25, 0.3) is 0 Å². The Morgan fingerprint density at radius 2 is 2.36 bits per heavy atom. The molecule has 0 spiro atoms. The highest BCUT2D eigenvalue weighted by Crippen LogP contribution is 2.16. The standard InChI is InChI=1S/C11H24N2O/c1-3-10(6-12)7-13-9(2)11-4-5-14-8-11/h9-11,13H,3-8,12H2,1-2H3. The van der Waals surface area contributed by atoms with Crippen LogP contribution in [0.2, 0.25) is 0 Å². The first-order valence-corrected chi connectivity index (χ1v) is 5.79. The Morgan fingerprint density at radius 3 is 2.86 bits per heavy atom. The summed E-state index contributed by atoms with van der Waals surface area (Å²) in [6, 6.07) is 0.568. The molecule has 0 radical (unpaired) electrons. The molecule has 0 aromatic heterocycles. The van der Waals surface area contributed by atoms with Crippen LogP contribution in [0.5, 0.6) is 0 Å². The second-order valence-electron chi connectivity index (χ2n) is 4.33. The highest BCUT2D eigenvalue weighted by molar-refractivity contribution is 4.76. The van der Waals surface area contributed by atoms with Crippen molar-refractivity contribution in [2.24, 2.45) is 17.6 Å². The van der Waals surface area contributed by atoms with Crippen LogP contribution >= 0.6 is 0 Å². The summed E-state index contributed by atoms with van der Waals surface area (Å²) >= 11 is 0. The topological polar surface area (TPSA) is 47.3 Å². The zero-order chi connectivity index (χ0) is 10.4. The Kier molecular flexibility index (Phi) is 5.45. The fraction of sp³-hybridized carbons (Fsp3) is 1.00. The Labute approximate surface area is 87.4 Å². The van der Waals surface area contributed by atoms with Gasteiger partial charge in [-0.15, -0.1) is 0 Å². The number of nitrogens with two attached hydrogens (primary N) is 1. The number of rotatable bonds is 6. The normalized spacial score (nSPS) is 26.4. The van der Waals surface area contributed by atoms with Gasteiger partial charge in [-0.2, -0.15) is 0 Å². The van der Waals surface area contributed by atoms with Crippen molar-refractivity contribution in [3.63, 3.8) is 0 Å². The summed E-state index contributed by atoms with van der Waals surface area (Å²) in [6.45, 7) is 8.14. The first-order chi connectivity index (χ1) is 6.77. The second kappa shape index (κ2) is 6.38. The van der Waals surface area contributed by atoms with Gasteiger partial charge >= 0.3 is 0 Å². The van der Waals surface area contributed by atoms with E-state index in [0.717, 1.165) is 32.7 Å². The SMILES string of the molecule is CCC(CN)CNC(C)C1CCOC1. The third-order valence-electron chi connectivity index (χ3n) is 3.31. The van der Waals surface area contributed by atoms with Crippen molar-refractivity contribution in [2.45, 2.75) is 32.7 Å². The van der Waals surface area contributed by atoms with Gasteiger partial charge in [0, 0.05) is 12.6 Å². The van der Waals surface area contributed by atoms with E-state index in [0.29, 0.717) is 17.9 Å². The summed E-state index contributed by atoms with van der Waals surface area (Å²) in [5.74, 6) is 1.32. The Hall–Kier alpha value is -0.120.